The van der Waals surface area contributed by atoms with E-state index < -0.39 is 5.41 Å². The number of carbonyl (C=O) groups is 2. The van der Waals surface area contributed by atoms with Crippen molar-refractivity contribution in [2.45, 2.75) is 46.6 Å². The zero-order valence-electron chi connectivity index (χ0n) is 17.6. The molecule has 29 heavy (non-hydrogen) atoms. The van der Waals surface area contributed by atoms with Crippen LogP contribution in [0.1, 0.15) is 56.2 Å². The van der Waals surface area contributed by atoms with Crippen molar-refractivity contribution < 1.29 is 14.0 Å². The molecule has 0 saturated heterocycles. The summed E-state index contributed by atoms with van der Waals surface area (Å²) in [5.41, 5.74) is 1.46. The van der Waals surface area contributed by atoms with Crippen LogP contribution in [0.5, 0.6) is 0 Å². The molecule has 1 aromatic carbocycles. The van der Waals surface area contributed by atoms with Crippen molar-refractivity contribution in [3.63, 3.8) is 0 Å². The summed E-state index contributed by atoms with van der Waals surface area (Å²) in [6.45, 7) is 8.86. The number of rotatable bonds is 5. The molecule has 2 aromatic rings. The summed E-state index contributed by atoms with van der Waals surface area (Å²) in [4.78, 5) is 31.0. The minimum Gasteiger partial charge on any atom is -0.333 e. The van der Waals surface area contributed by atoms with Gasteiger partial charge in [0.1, 0.15) is 5.82 Å². The van der Waals surface area contributed by atoms with Gasteiger partial charge in [-0.2, -0.15) is 0 Å². The Balaban J connectivity index is 1.89. The van der Waals surface area contributed by atoms with Crippen LogP contribution in [0.2, 0.25) is 0 Å². The number of thiophene rings is 1. The molecule has 156 valence electrons. The van der Waals surface area contributed by atoms with Gasteiger partial charge in [0.2, 0.25) is 11.8 Å². The third kappa shape index (κ3) is 4.69. The van der Waals surface area contributed by atoms with Gasteiger partial charge < -0.3 is 9.80 Å². The fourth-order valence-corrected chi connectivity index (χ4v) is 4.74. The number of halogens is 1. The molecule has 1 aliphatic heterocycles. The first-order chi connectivity index (χ1) is 13.7. The maximum Gasteiger partial charge on any atom is 0.242 e. The zero-order valence-corrected chi connectivity index (χ0v) is 18.4. The van der Waals surface area contributed by atoms with Crippen molar-refractivity contribution in [1.82, 2.24) is 9.80 Å². The highest BCUT2D eigenvalue weighted by atomic mass is 32.1. The number of hydrogen-bond donors (Lipinski definition) is 0. The number of amides is 2. The van der Waals surface area contributed by atoms with Crippen molar-refractivity contribution >= 4 is 23.2 Å². The molecule has 1 unspecified atom stereocenters. The largest absolute Gasteiger partial charge is 0.333 e. The summed E-state index contributed by atoms with van der Waals surface area (Å²) in [6.07, 6.45) is 1.60. The van der Waals surface area contributed by atoms with Crippen molar-refractivity contribution in [2.75, 3.05) is 19.6 Å². The predicted octanol–water partition coefficient (Wildman–Crippen LogP) is 4.65. The van der Waals surface area contributed by atoms with Crippen LogP contribution in [-0.2, 0) is 16.0 Å². The highest BCUT2D eigenvalue weighted by Gasteiger charge is 2.35. The van der Waals surface area contributed by atoms with Crippen LogP contribution in [0, 0.1) is 11.2 Å². The standard InChI is InChI=1S/C23H29FN2O2S/c1-5-12-25(22(28)23(2,3)4)15-20(27)26-13-10-19-18(11-14-29-19)21(26)16-6-8-17(24)9-7-16/h6-9,11,14,21H,5,10,12-13,15H2,1-4H3. The van der Waals surface area contributed by atoms with Crippen LogP contribution < -0.4 is 0 Å². The van der Waals surface area contributed by atoms with Gasteiger partial charge in [-0.25, -0.2) is 4.39 Å². The Labute approximate surface area is 176 Å². The van der Waals surface area contributed by atoms with Crippen LogP contribution in [0.15, 0.2) is 35.7 Å². The van der Waals surface area contributed by atoms with E-state index >= 15 is 0 Å². The second-order valence-electron chi connectivity index (χ2n) is 8.57. The molecule has 2 amide bonds. The number of nitrogens with zero attached hydrogens (tertiary/aromatic N) is 2. The zero-order chi connectivity index (χ0) is 21.2. The first-order valence-corrected chi connectivity index (χ1v) is 11.0. The molecule has 1 atom stereocenters. The molecule has 0 fully saturated rings. The highest BCUT2D eigenvalue weighted by molar-refractivity contribution is 7.10. The molecular formula is C23H29FN2O2S. The Bertz CT molecular complexity index is 870. The van der Waals surface area contributed by atoms with Gasteiger partial charge in [-0.15, -0.1) is 11.3 Å². The topological polar surface area (TPSA) is 40.6 Å². The summed E-state index contributed by atoms with van der Waals surface area (Å²) in [5, 5.41) is 2.04. The van der Waals surface area contributed by atoms with Crippen LogP contribution in [-0.4, -0.2) is 41.2 Å². The Morgan fingerprint density at radius 1 is 1.21 bits per heavy atom. The van der Waals surface area contributed by atoms with Gasteiger partial charge in [-0.3, -0.25) is 9.59 Å². The lowest BCUT2D eigenvalue weighted by molar-refractivity contribution is -0.146. The lowest BCUT2D eigenvalue weighted by Gasteiger charge is -2.38. The van der Waals surface area contributed by atoms with Gasteiger partial charge in [0, 0.05) is 23.4 Å². The van der Waals surface area contributed by atoms with Crippen LogP contribution in [0.4, 0.5) is 4.39 Å². The minimum atomic E-state index is -0.533. The van der Waals surface area contributed by atoms with Gasteiger partial charge in [0.05, 0.1) is 12.6 Å². The van der Waals surface area contributed by atoms with Crippen molar-refractivity contribution in [3.8, 4) is 0 Å². The van der Waals surface area contributed by atoms with E-state index in [0.29, 0.717) is 13.1 Å². The second-order valence-corrected chi connectivity index (χ2v) is 9.57. The maximum absolute atomic E-state index is 13.5. The summed E-state index contributed by atoms with van der Waals surface area (Å²) >= 11 is 1.69. The molecule has 0 saturated carbocycles. The number of benzene rings is 1. The van der Waals surface area contributed by atoms with E-state index in [1.54, 1.807) is 28.4 Å². The Morgan fingerprint density at radius 3 is 2.52 bits per heavy atom. The summed E-state index contributed by atoms with van der Waals surface area (Å²) in [6, 6.07) is 8.17. The Hall–Kier alpha value is -2.21. The molecule has 2 heterocycles. The fraction of sp³-hybridized carbons (Fsp3) is 0.478. The summed E-state index contributed by atoms with van der Waals surface area (Å²) in [7, 11) is 0. The average Bonchev–Trinajstić information content (AvgIpc) is 3.15. The number of hydrogen-bond acceptors (Lipinski definition) is 3. The van der Waals surface area contributed by atoms with E-state index in [9.17, 15) is 14.0 Å². The molecule has 0 N–H and O–H groups in total. The van der Waals surface area contributed by atoms with Gasteiger partial charge in [0.25, 0.3) is 0 Å². The van der Waals surface area contributed by atoms with E-state index in [2.05, 4.69) is 6.07 Å². The first-order valence-electron chi connectivity index (χ1n) is 10.1. The monoisotopic (exact) mass is 416 g/mol. The van der Waals surface area contributed by atoms with E-state index in [0.717, 1.165) is 24.0 Å². The normalized spacial score (nSPS) is 16.4. The van der Waals surface area contributed by atoms with Gasteiger partial charge in [-0.1, -0.05) is 39.8 Å². The fourth-order valence-electron chi connectivity index (χ4n) is 3.84. The molecule has 4 nitrogen and oxygen atoms in total. The van der Waals surface area contributed by atoms with Crippen LogP contribution >= 0.6 is 11.3 Å². The van der Waals surface area contributed by atoms with E-state index in [1.807, 2.05) is 38.0 Å². The maximum atomic E-state index is 13.5. The van der Waals surface area contributed by atoms with Crippen molar-refractivity contribution in [2.24, 2.45) is 5.41 Å². The molecule has 1 aromatic heterocycles. The van der Waals surface area contributed by atoms with Gasteiger partial charge in [0.15, 0.2) is 0 Å². The minimum absolute atomic E-state index is 0.0146. The van der Waals surface area contributed by atoms with E-state index in [1.165, 1.54) is 17.0 Å². The lowest BCUT2D eigenvalue weighted by atomic mass is 9.92. The van der Waals surface area contributed by atoms with Gasteiger partial charge >= 0.3 is 0 Å². The quantitative estimate of drug-likeness (QED) is 0.712. The second kappa shape index (κ2) is 8.66. The summed E-state index contributed by atoms with van der Waals surface area (Å²) in [5.74, 6) is -0.376. The van der Waals surface area contributed by atoms with Crippen LogP contribution in [0.3, 0.4) is 0 Å². The van der Waals surface area contributed by atoms with Crippen molar-refractivity contribution in [1.29, 1.82) is 0 Å². The van der Waals surface area contributed by atoms with Crippen LogP contribution in [0.25, 0.3) is 0 Å². The molecule has 1 aliphatic rings. The third-order valence-electron chi connectivity index (χ3n) is 5.22. The highest BCUT2D eigenvalue weighted by Crippen LogP contribution is 2.38. The Kier molecular flexibility index (Phi) is 6.42. The smallest absolute Gasteiger partial charge is 0.242 e. The van der Waals surface area contributed by atoms with Gasteiger partial charge in [-0.05, 0) is 47.5 Å². The Morgan fingerprint density at radius 2 is 1.90 bits per heavy atom. The lowest BCUT2D eigenvalue weighted by Crippen LogP contribution is -2.49. The molecule has 0 bridgehead atoms. The summed E-state index contributed by atoms with van der Waals surface area (Å²) < 4.78 is 13.5. The van der Waals surface area contributed by atoms with E-state index in [4.69, 9.17) is 0 Å². The molecule has 3 rings (SSSR count). The predicted molar refractivity (Wildman–Crippen MR) is 114 cm³/mol. The number of carbonyl (C=O) groups excluding carboxylic acids is 2. The first kappa shape index (κ1) is 21.5. The third-order valence-corrected chi connectivity index (χ3v) is 6.22. The molecule has 0 aliphatic carbocycles. The van der Waals surface area contributed by atoms with E-state index in [-0.39, 0.29) is 30.2 Å². The average molecular weight is 417 g/mol. The molecular weight excluding hydrogens is 387 g/mol. The molecule has 0 radical (unpaired) electrons. The molecule has 0 spiro atoms. The number of fused-ring (bicyclic) bond motifs is 1. The van der Waals surface area contributed by atoms with Crippen molar-refractivity contribution in [3.05, 3.63) is 57.5 Å². The SMILES string of the molecule is CCCN(CC(=O)N1CCc2sccc2C1c1ccc(F)cc1)C(=O)C(C)(C)C. The molecule has 6 heteroatoms.